The predicted octanol–water partition coefficient (Wildman–Crippen LogP) is 3.63. The van der Waals surface area contributed by atoms with Crippen LogP contribution in [0.3, 0.4) is 0 Å². The lowest BCUT2D eigenvalue weighted by Gasteiger charge is -2.30. The largest absolute Gasteiger partial charge is 0.376 e. The zero-order valence-corrected chi connectivity index (χ0v) is 19.8. The molecule has 0 unspecified atom stereocenters. The summed E-state index contributed by atoms with van der Waals surface area (Å²) in [5.74, 6) is 0.601. The van der Waals surface area contributed by atoms with E-state index in [1.807, 2.05) is 47.4 Å². The van der Waals surface area contributed by atoms with Crippen LogP contribution in [0.15, 0.2) is 48.5 Å². The van der Waals surface area contributed by atoms with Gasteiger partial charge in [-0.15, -0.1) is 0 Å². The smallest absolute Gasteiger partial charge is 0.253 e. The van der Waals surface area contributed by atoms with Crippen LogP contribution in [0.2, 0.25) is 0 Å². The van der Waals surface area contributed by atoms with E-state index in [2.05, 4.69) is 17.6 Å². The Hall–Kier alpha value is -3.35. The van der Waals surface area contributed by atoms with E-state index in [9.17, 15) is 14.4 Å². The highest BCUT2D eigenvalue weighted by molar-refractivity contribution is 5.96. The summed E-state index contributed by atoms with van der Waals surface area (Å²) in [4.78, 5) is 40.5. The van der Waals surface area contributed by atoms with E-state index >= 15 is 0 Å². The Balaban J connectivity index is 1.51. The molecule has 0 radical (unpaired) electrons. The fraction of sp³-hybridized carbons (Fsp3) is 0.423. The summed E-state index contributed by atoms with van der Waals surface area (Å²) < 4.78 is 0. The van der Waals surface area contributed by atoms with Crippen molar-refractivity contribution in [1.29, 1.82) is 0 Å². The minimum atomic E-state index is -0.182. The number of hydrogen-bond acceptors (Lipinski definition) is 4. The van der Waals surface area contributed by atoms with Gasteiger partial charge in [0.15, 0.2) is 0 Å². The molecule has 0 aromatic heterocycles. The fourth-order valence-corrected chi connectivity index (χ4v) is 3.82. The predicted molar refractivity (Wildman–Crippen MR) is 131 cm³/mol. The van der Waals surface area contributed by atoms with E-state index in [1.54, 1.807) is 25.1 Å². The highest BCUT2D eigenvalue weighted by Gasteiger charge is 2.21. The van der Waals surface area contributed by atoms with Crippen LogP contribution in [-0.4, -0.2) is 61.3 Å². The maximum atomic E-state index is 12.8. The van der Waals surface area contributed by atoms with Crippen molar-refractivity contribution in [1.82, 2.24) is 9.80 Å². The van der Waals surface area contributed by atoms with Gasteiger partial charge in [-0.25, -0.2) is 0 Å². The molecule has 3 rings (SSSR count). The number of carbonyl (C=O) groups excluding carboxylic acids is 3. The van der Waals surface area contributed by atoms with Crippen molar-refractivity contribution in [3.8, 4) is 0 Å². The van der Waals surface area contributed by atoms with Crippen molar-refractivity contribution >= 4 is 29.1 Å². The van der Waals surface area contributed by atoms with Crippen LogP contribution in [0, 0.1) is 5.92 Å². The van der Waals surface area contributed by atoms with Gasteiger partial charge in [0.25, 0.3) is 5.91 Å². The highest BCUT2D eigenvalue weighted by Crippen LogP contribution is 2.20. The summed E-state index contributed by atoms with van der Waals surface area (Å²) in [5, 5.41) is 5.99. The number of amides is 3. The molecule has 1 aliphatic heterocycles. The average Bonchev–Trinajstić information content (AvgIpc) is 2.81. The Morgan fingerprint density at radius 2 is 1.70 bits per heavy atom. The van der Waals surface area contributed by atoms with E-state index in [4.69, 9.17) is 0 Å². The van der Waals surface area contributed by atoms with Gasteiger partial charge in [-0.2, -0.15) is 0 Å². The van der Waals surface area contributed by atoms with E-state index in [1.165, 1.54) is 0 Å². The monoisotopic (exact) mass is 450 g/mol. The van der Waals surface area contributed by atoms with Gasteiger partial charge in [0, 0.05) is 50.5 Å². The van der Waals surface area contributed by atoms with Crippen molar-refractivity contribution < 1.29 is 14.4 Å². The van der Waals surface area contributed by atoms with E-state index in [0.29, 0.717) is 30.0 Å². The summed E-state index contributed by atoms with van der Waals surface area (Å²) in [5.41, 5.74) is 3.06. The van der Waals surface area contributed by atoms with Gasteiger partial charge in [0.1, 0.15) is 0 Å². The van der Waals surface area contributed by atoms with Crippen molar-refractivity contribution in [2.75, 3.05) is 44.4 Å². The first-order valence-electron chi connectivity index (χ1n) is 11.5. The lowest BCUT2D eigenvalue weighted by molar-refractivity contribution is -0.128. The fourth-order valence-electron chi connectivity index (χ4n) is 3.82. The molecule has 7 heteroatoms. The number of piperidine rings is 1. The molecule has 3 amide bonds. The maximum Gasteiger partial charge on any atom is 0.253 e. The van der Waals surface area contributed by atoms with Gasteiger partial charge >= 0.3 is 0 Å². The first-order chi connectivity index (χ1) is 15.8. The van der Waals surface area contributed by atoms with Crippen molar-refractivity contribution in [2.24, 2.45) is 5.92 Å². The SMILES string of the molecule is CC1CCN(C(=O)c2cccc(NCC(=O)Nc3cccc(CCC(=O)N(C)C)c3)c2)CC1. The van der Waals surface area contributed by atoms with Gasteiger partial charge in [0.2, 0.25) is 11.8 Å². The zero-order chi connectivity index (χ0) is 23.8. The highest BCUT2D eigenvalue weighted by atomic mass is 16.2. The lowest BCUT2D eigenvalue weighted by atomic mass is 9.98. The number of anilines is 2. The Morgan fingerprint density at radius 1 is 1.00 bits per heavy atom. The van der Waals surface area contributed by atoms with E-state index in [0.717, 1.165) is 37.2 Å². The molecule has 0 aliphatic carbocycles. The molecule has 0 saturated carbocycles. The minimum absolute atomic E-state index is 0.0413. The van der Waals surface area contributed by atoms with Crippen LogP contribution in [-0.2, 0) is 16.0 Å². The van der Waals surface area contributed by atoms with Crippen LogP contribution < -0.4 is 10.6 Å². The van der Waals surface area contributed by atoms with Gasteiger partial charge in [-0.1, -0.05) is 25.1 Å². The van der Waals surface area contributed by atoms with Crippen LogP contribution in [0.25, 0.3) is 0 Å². The van der Waals surface area contributed by atoms with Crippen LogP contribution in [0.1, 0.15) is 42.1 Å². The number of benzene rings is 2. The first-order valence-corrected chi connectivity index (χ1v) is 11.5. The van der Waals surface area contributed by atoms with Crippen molar-refractivity contribution in [3.63, 3.8) is 0 Å². The molecule has 176 valence electrons. The summed E-state index contributed by atoms with van der Waals surface area (Å²) in [6.45, 7) is 3.90. The Kier molecular flexibility index (Phi) is 8.46. The molecular formula is C26H34N4O3. The second kappa shape index (κ2) is 11.5. The standard InChI is InChI=1S/C26H34N4O3/c1-19-12-14-30(15-13-19)26(33)21-7-5-8-22(17-21)27-18-24(31)28-23-9-4-6-20(16-23)10-11-25(32)29(2)3/h4-9,16-17,19,27H,10-15,18H2,1-3H3,(H,28,31). The number of aryl methyl sites for hydroxylation is 1. The number of likely N-dealkylation sites (tertiary alicyclic amines) is 1. The third-order valence-corrected chi connectivity index (χ3v) is 5.97. The van der Waals surface area contributed by atoms with Crippen LogP contribution in [0.4, 0.5) is 11.4 Å². The number of rotatable bonds is 8. The quantitative estimate of drug-likeness (QED) is 0.644. The summed E-state index contributed by atoms with van der Waals surface area (Å²) in [7, 11) is 3.48. The van der Waals surface area contributed by atoms with Crippen LogP contribution >= 0.6 is 0 Å². The molecule has 1 saturated heterocycles. The molecule has 0 bridgehead atoms. The molecule has 2 N–H and O–H groups in total. The van der Waals surface area contributed by atoms with E-state index < -0.39 is 0 Å². The molecule has 2 aromatic rings. The summed E-state index contributed by atoms with van der Waals surface area (Å²) >= 11 is 0. The third-order valence-electron chi connectivity index (χ3n) is 5.97. The number of nitrogens with zero attached hydrogens (tertiary/aromatic N) is 2. The molecule has 33 heavy (non-hydrogen) atoms. The number of carbonyl (C=O) groups is 3. The third kappa shape index (κ3) is 7.34. The summed E-state index contributed by atoms with van der Waals surface area (Å²) in [6.07, 6.45) is 3.13. The van der Waals surface area contributed by atoms with E-state index in [-0.39, 0.29) is 24.3 Å². The molecular weight excluding hydrogens is 416 g/mol. The lowest BCUT2D eigenvalue weighted by Crippen LogP contribution is -2.37. The number of nitrogens with one attached hydrogen (secondary N) is 2. The molecule has 0 spiro atoms. The Labute approximate surface area is 196 Å². The van der Waals surface area contributed by atoms with Gasteiger partial charge in [0.05, 0.1) is 6.54 Å². The normalized spacial score (nSPS) is 14.0. The van der Waals surface area contributed by atoms with Crippen molar-refractivity contribution in [2.45, 2.75) is 32.6 Å². The number of hydrogen-bond donors (Lipinski definition) is 2. The topological polar surface area (TPSA) is 81.8 Å². The molecule has 0 atom stereocenters. The Morgan fingerprint density at radius 3 is 2.42 bits per heavy atom. The molecule has 2 aromatic carbocycles. The molecule has 1 fully saturated rings. The van der Waals surface area contributed by atoms with Crippen molar-refractivity contribution in [3.05, 3.63) is 59.7 Å². The second-order valence-corrected chi connectivity index (χ2v) is 8.95. The van der Waals surface area contributed by atoms with Gasteiger partial charge in [-0.05, 0) is 61.1 Å². The zero-order valence-electron chi connectivity index (χ0n) is 19.8. The van der Waals surface area contributed by atoms with Gasteiger partial charge in [-0.3, -0.25) is 14.4 Å². The molecule has 1 heterocycles. The minimum Gasteiger partial charge on any atom is -0.376 e. The average molecular weight is 451 g/mol. The first kappa shape index (κ1) is 24.3. The maximum absolute atomic E-state index is 12.8. The molecule has 7 nitrogen and oxygen atoms in total. The van der Waals surface area contributed by atoms with Crippen LogP contribution in [0.5, 0.6) is 0 Å². The summed E-state index contributed by atoms with van der Waals surface area (Å²) in [6, 6.07) is 14.8. The second-order valence-electron chi connectivity index (χ2n) is 8.95. The molecule has 1 aliphatic rings. The Bertz CT molecular complexity index is 981. The van der Waals surface area contributed by atoms with Gasteiger partial charge < -0.3 is 20.4 Å².